The normalized spacial score (nSPS) is 12.4. The quantitative estimate of drug-likeness (QED) is 0.0417. The molecule has 0 radical (unpaired) electrons. The van der Waals surface area contributed by atoms with Crippen molar-refractivity contribution in [1.82, 2.24) is 5.32 Å². The van der Waals surface area contributed by atoms with Crippen LogP contribution in [0.3, 0.4) is 0 Å². The van der Waals surface area contributed by atoms with Crippen molar-refractivity contribution in [3.05, 3.63) is 0 Å². The summed E-state index contributed by atoms with van der Waals surface area (Å²) in [5.41, 5.74) is 0. The van der Waals surface area contributed by atoms with Crippen LogP contribution < -0.4 is 5.32 Å². The van der Waals surface area contributed by atoms with Crippen molar-refractivity contribution in [2.75, 3.05) is 13.2 Å². The number of hydrogen-bond donors (Lipinski definition) is 3. The number of carbonyl (C=O) groups excluding carboxylic acids is 2. The predicted octanol–water partition coefficient (Wildman–Crippen LogP) is 21.8. The molecule has 0 fully saturated rings. The zero-order chi connectivity index (χ0) is 53.6. The van der Waals surface area contributed by atoms with Crippen molar-refractivity contribution in [2.24, 2.45) is 0 Å². The maximum absolute atomic E-state index is 12.4. The number of esters is 1. The maximum atomic E-state index is 12.4. The van der Waals surface area contributed by atoms with Gasteiger partial charge in [0, 0.05) is 12.8 Å². The lowest BCUT2D eigenvalue weighted by atomic mass is 10.0. The van der Waals surface area contributed by atoms with Crippen LogP contribution in [0.2, 0.25) is 0 Å². The first-order chi connectivity index (χ1) is 36.5. The third-order valence-corrected chi connectivity index (χ3v) is 16.4. The summed E-state index contributed by atoms with van der Waals surface area (Å²) in [4.78, 5) is 24.5. The Morgan fingerprint density at radius 2 is 0.554 bits per heavy atom. The number of nitrogens with one attached hydrogen (secondary N) is 1. The Bertz CT molecular complexity index is 1070. The highest BCUT2D eigenvalue weighted by atomic mass is 16.5. The van der Waals surface area contributed by atoms with Crippen LogP contribution in [-0.2, 0) is 14.3 Å². The van der Waals surface area contributed by atoms with Crippen LogP contribution >= 0.6 is 0 Å². The number of aliphatic hydroxyl groups excluding tert-OH is 2. The Kier molecular flexibility index (Phi) is 63.4. The van der Waals surface area contributed by atoms with Crippen LogP contribution in [0.15, 0.2) is 0 Å². The predicted molar refractivity (Wildman–Crippen MR) is 324 cm³/mol. The second kappa shape index (κ2) is 64.4. The lowest BCUT2D eigenvalue weighted by molar-refractivity contribution is -0.143. The van der Waals surface area contributed by atoms with Crippen LogP contribution in [0.5, 0.6) is 0 Å². The van der Waals surface area contributed by atoms with E-state index in [2.05, 4.69) is 19.2 Å². The molecule has 0 heterocycles. The molecule has 6 heteroatoms. The summed E-state index contributed by atoms with van der Waals surface area (Å²) >= 11 is 0. The summed E-state index contributed by atoms with van der Waals surface area (Å²) in [5.74, 6) is -0.00459. The standard InChI is InChI=1S/C68H135NO5/c1-3-5-7-9-11-13-15-16-35-39-42-46-50-54-58-62-68(73)74-63-59-55-51-47-43-40-37-34-32-30-28-26-24-22-20-18-17-19-21-23-25-27-29-31-33-36-38-41-45-49-53-57-61-67(72)69-65(64-70)66(71)60-56-52-48-44-14-12-10-8-6-4-2/h65-66,70-71H,3-64H2,1-2H3,(H,69,72). The number of amides is 1. The molecule has 0 aliphatic rings. The molecule has 0 rings (SSSR count). The fraction of sp³-hybridized carbons (Fsp3) is 0.971. The first-order valence-corrected chi connectivity index (χ1v) is 34.3. The zero-order valence-corrected chi connectivity index (χ0v) is 50.6. The Hall–Kier alpha value is -1.14. The number of unbranched alkanes of at least 4 members (excludes halogenated alkanes) is 54. The molecule has 0 aliphatic carbocycles. The molecule has 0 bridgehead atoms. The number of ether oxygens (including phenoxy) is 1. The summed E-state index contributed by atoms with van der Waals surface area (Å²) in [7, 11) is 0. The van der Waals surface area contributed by atoms with Gasteiger partial charge in [0.25, 0.3) is 0 Å². The van der Waals surface area contributed by atoms with Gasteiger partial charge in [-0.15, -0.1) is 0 Å². The van der Waals surface area contributed by atoms with Crippen molar-refractivity contribution in [2.45, 2.75) is 411 Å². The van der Waals surface area contributed by atoms with Gasteiger partial charge in [-0.3, -0.25) is 9.59 Å². The van der Waals surface area contributed by atoms with E-state index in [-0.39, 0.29) is 18.5 Å². The van der Waals surface area contributed by atoms with Gasteiger partial charge in [0.05, 0.1) is 25.4 Å². The van der Waals surface area contributed by atoms with Crippen LogP contribution in [0.4, 0.5) is 0 Å². The molecule has 2 atom stereocenters. The van der Waals surface area contributed by atoms with Gasteiger partial charge in [-0.2, -0.15) is 0 Å². The minimum Gasteiger partial charge on any atom is -0.466 e. The minimum absolute atomic E-state index is 0.0251. The second-order valence-electron chi connectivity index (χ2n) is 23.9. The average molecular weight is 1050 g/mol. The van der Waals surface area contributed by atoms with Gasteiger partial charge in [-0.1, -0.05) is 361 Å². The van der Waals surface area contributed by atoms with Gasteiger partial charge in [0.15, 0.2) is 0 Å². The molecular weight excluding hydrogens is 911 g/mol. The highest BCUT2D eigenvalue weighted by molar-refractivity contribution is 5.76. The Morgan fingerprint density at radius 1 is 0.324 bits per heavy atom. The molecule has 442 valence electrons. The van der Waals surface area contributed by atoms with E-state index < -0.39 is 12.1 Å². The lowest BCUT2D eigenvalue weighted by Gasteiger charge is -2.22. The van der Waals surface area contributed by atoms with Gasteiger partial charge < -0.3 is 20.3 Å². The number of carbonyl (C=O) groups is 2. The number of aliphatic hydroxyl groups is 2. The number of hydrogen-bond acceptors (Lipinski definition) is 5. The topological polar surface area (TPSA) is 95.9 Å². The van der Waals surface area contributed by atoms with E-state index >= 15 is 0 Å². The molecule has 0 spiro atoms. The summed E-state index contributed by atoms with van der Waals surface area (Å²) in [6.07, 6.45) is 77.4. The molecule has 0 aromatic rings. The Morgan fingerprint density at radius 3 is 0.824 bits per heavy atom. The molecule has 0 saturated heterocycles. The van der Waals surface area contributed by atoms with Crippen molar-refractivity contribution in [3.8, 4) is 0 Å². The van der Waals surface area contributed by atoms with Crippen LogP contribution in [0, 0.1) is 0 Å². The highest BCUT2D eigenvalue weighted by Gasteiger charge is 2.20. The smallest absolute Gasteiger partial charge is 0.305 e. The van der Waals surface area contributed by atoms with E-state index in [1.807, 2.05) is 0 Å². The third kappa shape index (κ3) is 60.1. The molecule has 3 N–H and O–H groups in total. The van der Waals surface area contributed by atoms with Gasteiger partial charge in [-0.25, -0.2) is 0 Å². The van der Waals surface area contributed by atoms with Crippen LogP contribution in [0.25, 0.3) is 0 Å². The summed E-state index contributed by atoms with van der Waals surface area (Å²) in [6, 6.07) is -0.535. The maximum Gasteiger partial charge on any atom is 0.305 e. The van der Waals surface area contributed by atoms with Gasteiger partial charge in [-0.05, 0) is 25.7 Å². The summed E-state index contributed by atoms with van der Waals surface area (Å²) < 4.78 is 5.50. The zero-order valence-electron chi connectivity index (χ0n) is 50.6. The first-order valence-electron chi connectivity index (χ1n) is 34.3. The van der Waals surface area contributed by atoms with E-state index in [9.17, 15) is 19.8 Å². The molecule has 0 aliphatic heterocycles. The van der Waals surface area contributed by atoms with Crippen molar-refractivity contribution < 1.29 is 24.5 Å². The van der Waals surface area contributed by atoms with E-state index in [0.29, 0.717) is 25.9 Å². The van der Waals surface area contributed by atoms with E-state index in [0.717, 1.165) is 38.5 Å². The largest absolute Gasteiger partial charge is 0.466 e. The average Bonchev–Trinajstić information content (AvgIpc) is 3.40. The molecule has 74 heavy (non-hydrogen) atoms. The second-order valence-corrected chi connectivity index (χ2v) is 23.9. The molecule has 2 unspecified atom stereocenters. The van der Waals surface area contributed by atoms with Gasteiger partial charge in [0.1, 0.15) is 0 Å². The molecule has 1 amide bonds. The Balaban J connectivity index is 3.27. The number of rotatable bonds is 65. The van der Waals surface area contributed by atoms with E-state index in [1.165, 1.54) is 327 Å². The fourth-order valence-corrected chi connectivity index (χ4v) is 11.2. The molecule has 6 nitrogen and oxygen atoms in total. The van der Waals surface area contributed by atoms with Gasteiger partial charge in [0.2, 0.25) is 5.91 Å². The van der Waals surface area contributed by atoms with Crippen molar-refractivity contribution in [3.63, 3.8) is 0 Å². The Labute approximate surface area is 464 Å². The monoisotopic (exact) mass is 1050 g/mol. The summed E-state index contributed by atoms with van der Waals surface area (Å²) in [5, 5.41) is 23.2. The van der Waals surface area contributed by atoms with Gasteiger partial charge >= 0.3 is 5.97 Å². The van der Waals surface area contributed by atoms with E-state index in [4.69, 9.17) is 4.74 Å². The van der Waals surface area contributed by atoms with E-state index in [1.54, 1.807) is 0 Å². The first kappa shape index (κ1) is 72.9. The summed E-state index contributed by atoms with van der Waals surface area (Å²) in [6.45, 7) is 4.98. The van der Waals surface area contributed by atoms with Crippen molar-refractivity contribution >= 4 is 11.9 Å². The molecule has 0 aromatic heterocycles. The SMILES string of the molecule is CCCCCCCCCCCCCCCCCC(=O)OCCCCCCCCCCCCCCCCCCCCCCCCCCCCCCCCCCC(=O)NC(CO)C(O)CCCCCCCCCCCC. The highest BCUT2D eigenvalue weighted by Crippen LogP contribution is 2.19. The minimum atomic E-state index is -0.658. The third-order valence-electron chi connectivity index (χ3n) is 16.4. The van der Waals surface area contributed by atoms with Crippen molar-refractivity contribution in [1.29, 1.82) is 0 Å². The fourth-order valence-electron chi connectivity index (χ4n) is 11.2. The lowest BCUT2D eigenvalue weighted by Crippen LogP contribution is -2.45. The molecule has 0 saturated carbocycles. The van der Waals surface area contributed by atoms with Crippen LogP contribution in [0.1, 0.15) is 399 Å². The van der Waals surface area contributed by atoms with Crippen LogP contribution in [-0.4, -0.2) is 47.4 Å². The molecule has 0 aromatic carbocycles. The molecular formula is C68H135NO5.